The monoisotopic (exact) mass is 596 g/mol. The number of ether oxygens (including phenoxy) is 1. The number of anilines is 1. The number of nitrogens with zero attached hydrogens (tertiary/aromatic N) is 2. The molecule has 0 spiro atoms. The van der Waals surface area contributed by atoms with E-state index in [0.717, 1.165) is 30.8 Å². The molecule has 13 heteroatoms. The maximum Gasteiger partial charge on any atom is 0.266 e. The lowest BCUT2D eigenvalue weighted by Gasteiger charge is -2.20. The average Bonchev–Trinajstić information content (AvgIpc) is 3.35. The quantitative estimate of drug-likeness (QED) is 0.186. The third-order valence-corrected chi connectivity index (χ3v) is 9.49. The van der Waals surface area contributed by atoms with Crippen molar-refractivity contribution in [3.05, 3.63) is 70.4 Å². The van der Waals surface area contributed by atoms with E-state index < -0.39 is 26.0 Å². The third kappa shape index (κ3) is 7.58. The summed E-state index contributed by atoms with van der Waals surface area (Å²) in [5.74, 6) is -0.193. The van der Waals surface area contributed by atoms with Gasteiger partial charge in [-0.2, -0.15) is 13.0 Å². The molecule has 204 valence electrons. The molecule has 4 rings (SSSR count). The smallest absolute Gasteiger partial charge is 0.266 e. The maximum atomic E-state index is 11.3. The Labute approximate surface area is 230 Å². The van der Waals surface area contributed by atoms with Gasteiger partial charge in [0.15, 0.2) is 6.54 Å². The summed E-state index contributed by atoms with van der Waals surface area (Å²) >= 11 is 3.08. The van der Waals surface area contributed by atoms with E-state index in [1.807, 2.05) is 77.1 Å². The number of hydrogen-bond donors (Lipinski definition) is 1. The lowest BCUT2D eigenvalue weighted by molar-refractivity contribution is -0.668. The third-order valence-electron chi connectivity index (χ3n) is 5.68. The fourth-order valence-electron chi connectivity index (χ4n) is 4.12. The number of aromatic nitrogens is 1. The molecule has 2 aromatic carbocycles. The summed E-state index contributed by atoms with van der Waals surface area (Å²) in [4.78, 5) is 3.04. The van der Waals surface area contributed by atoms with Gasteiger partial charge in [0.05, 0.1) is 39.3 Å². The Kier molecular flexibility index (Phi) is 9.16. The lowest BCUT2D eigenvalue weighted by atomic mass is 10.2. The van der Waals surface area contributed by atoms with Crippen LogP contribution in [0.25, 0.3) is 16.3 Å². The summed E-state index contributed by atoms with van der Waals surface area (Å²) in [5.41, 5.74) is 1.88. The number of para-hydroxylation sites is 2. The van der Waals surface area contributed by atoms with Crippen molar-refractivity contribution >= 4 is 65.3 Å². The predicted molar refractivity (Wildman–Crippen MR) is 150 cm³/mol. The number of thiazole rings is 1. The van der Waals surface area contributed by atoms with Gasteiger partial charge in [-0.1, -0.05) is 47.4 Å². The second kappa shape index (κ2) is 12.2. The van der Waals surface area contributed by atoms with E-state index in [0.29, 0.717) is 25.5 Å². The first-order chi connectivity index (χ1) is 18.0. The Balaban J connectivity index is 1.69. The zero-order valence-corrected chi connectivity index (χ0v) is 23.9. The molecule has 1 aliphatic rings. The molecule has 0 unspecified atom stereocenters. The maximum absolute atomic E-state index is 11.3. The Bertz CT molecular complexity index is 1580. The number of thioether (sulfide) groups is 1. The number of aryl methyl sites for hydroxylation is 1. The normalized spacial score (nSPS) is 15.4. The molecule has 0 saturated carbocycles. The Morgan fingerprint density at radius 3 is 2.55 bits per heavy atom. The summed E-state index contributed by atoms with van der Waals surface area (Å²) in [5, 5.41) is 1.69. The Morgan fingerprint density at radius 2 is 1.82 bits per heavy atom. The van der Waals surface area contributed by atoms with E-state index in [2.05, 4.69) is 0 Å². The first kappa shape index (κ1) is 28.6. The van der Waals surface area contributed by atoms with Crippen LogP contribution in [0.4, 0.5) is 5.69 Å². The fourth-order valence-corrected chi connectivity index (χ4v) is 7.36. The number of benzene rings is 2. The first-order valence-electron chi connectivity index (χ1n) is 11.9. The van der Waals surface area contributed by atoms with E-state index in [1.165, 1.54) is 11.3 Å². The number of fused-ring (bicyclic) bond motifs is 2. The van der Waals surface area contributed by atoms with E-state index in [1.54, 1.807) is 11.8 Å². The molecule has 1 aliphatic heterocycles. The molecular formula is C25H28N2O7S4. The van der Waals surface area contributed by atoms with Crippen molar-refractivity contribution < 1.29 is 35.2 Å². The fraction of sp³-hybridized carbons (Fsp3) is 0.320. The van der Waals surface area contributed by atoms with Crippen LogP contribution >= 0.6 is 23.1 Å². The SMILES string of the molecule is CCOC(=C\c1sc2ccccc2[n+]1CCCS(=O)(=O)[O-])/C=C1\Sc2ccccc2N1CCCS(=O)(=O)O. The molecule has 9 nitrogen and oxygen atoms in total. The van der Waals surface area contributed by atoms with Crippen LogP contribution in [0.5, 0.6) is 0 Å². The number of allylic oxidation sites excluding steroid dienone is 1. The van der Waals surface area contributed by atoms with Gasteiger partial charge in [0.1, 0.15) is 10.5 Å². The van der Waals surface area contributed by atoms with Gasteiger partial charge in [-0.15, -0.1) is 0 Å². The average molecular weight is 597 g/mol. The van der Waals surface area contributed by atoms with Crippen LogP contribution in [-0.2, 0) is 31.5 Å². The van der Waals surface area contributed by atoms with Crippen LogP contribution in [0.15, 0.2) is 70.3 Å². The van der Waals surface area contributed by atoms with E-state index in [9.17, 15) is 25.9 Å². The minimum Gasteiger partial charge on any atom is -0.748 e. The van der Waals surface area contributed by atoms with Crippen molar-refractivity contribution in [2.75, 3.05) is 29.6 Å². The molecule has 0 amide bonds. The Morgan fingerprint density at radius 1 is 1.08 bits per heavy atom. The van der Waals surface area contributed by atoms with Gasteiger partial charge in [0.25, 0.3) is 15.1 Å². The summed E-state index contributed by atoms with van der Waals surface area (Å²) in [7, 11) is -8.38. The van der Waals surface area contributed by atoms with E-state index >= 15 is 0 Å². The molecule has 0 aliphatic carbocycles. The van der Waals surface area contributed by atoms with Crippen LogP contribution in [0.2, 0.25) is 0 Å². The van der Waals surface area contributed by atoms with E-state index in [-0.39, 0.29) is 18.6 Å². The van der Waals surface area contributed by atoms with Gasteiger partial charge in [0, 0.05) is 35.8 Å². The highest BCUT2D eigenvalue weighted by molar-refractivity contribution is 8.03. The second-order valence-electron chi connectivity index (χ2n) is 8.50. The van der Waals surface area contributed by atoms with Crippen molar-refractivity contribution in [2.24, 2.45) is 0 Å². The van der Waals surface area contributed by atoms with Gasteiger partial charge in [-0.25, -0.2) is 8.42 Å². The molecular weight excluding hydrogens is 569 g/mol. The van der Waals surface area contributed by atoms with Gasteiger partial charge in [0.2, 0.25) is 5.52 Å². The summed E-state index contributed by atoms with van der Waals surface area (Å²) < 4.78 is 74.2. The molecule has 2 heterocycles. The largest absolute Gasteiger partial charge is 0.748 e. The Hall–Kier alpha value is -2.42. The van der Waals surface area contributed by atoms with Gasteiger partial charge in [-0.3, -0.25) is 4.55 Å². The molecule has 0 atom stereocenters. The van der Waals surface area contributed by atoms with Crippen LogP contribution in [-0.4, -0.2) is 50.6 Å². The second-order valence-corrected chi connectivity index (χ2v) is 13.7. The van der Waals surface area contributed by atoms with Gasteiger partial charge in [-0.05, 0) is 31.5 Å². The molecule has 1 aromatic heterocycles. The molecule has 0 fully saturated rings. The number of rotatable bonds is 12. The highest BCUT2D eigenvalue weighted by Gasteiger charge is 2.26. The van der Waals surface area contributed by atoms with Crippen LogP contribution in [0.3, 0.4) is 0 Å². The van der Waals surface area contributed by atoms with Crippen LogP contribution in [0.1, 0.15) is 24.8 Å². The summed E-state index contributed by atoms with van der Waals surface area (Å²) in [6.07, 6.45) is 4.23. The molecule has 0 saturated heterocycles. The van der Waals surface area contributed by atoms with Crippen molar-refractivity contribution in [2.45, 2.75) is 31.2 Å². The molecule has 0 radical (unpaired) electrons. The highest BCUT2D eigenvalue weighted by atomic mass is 32.2. The summed E-state index contributed by atoms with van der Waals surface area (Å²) in [6, 6.07) is 15.6. The molecule has 3 aromatic rings. The standard InChI is InChI=1S/C25H28N2O7S4/c1-2-34-19(17-24-26(13-7-15-37(28,29)30)20-9-3-5-11-22(20)35-24)18-25-27(14-8-16-38(31,32)33)21-10-4-6-12-23(21)36-25/h3-6,9-12,17-18H,2,7-8,13-16H2,1H3,(H-,28,29,30,31,32,33). The highest BCUT2D eigenvalue weighted by Crippen LogP contribution is 2.46. The van der Waals surface area contributed by atoms with Crippen molar-refractivity contribution in [3.8, 4) is 0 Å². The van der Waals surface area contributed by atoms with Crippen LogP contribution < -0.4 is 9.47 Å². The van der Waals surface area contributed by atoms with Crippen LogP contribution in [0, 0.1) is 0 Å². The molecule has 0 bridgehead atoms. The first-order valence-corrected chi connectivity index (χ1v) is 16.8. The van der Waals surface area contributed by atoms with Crippen molar-refractivity contribution in [3.63, 3.8) is 0 Å². The number of hydrogen-bond acceptors (Lipinski definition) is 9. The van der Waals surface area contributed by atoms with E-state index in [4.69, 9.17) is 4.74 Å². The minimum absolute atomic E-state index is 0.190. The van der Waals surface area contributed by atoms with Gasteiger partial charge >= 0.3 is 0 Å². The molecule has 1 N–H and O–H groups in total. The van der Waals surface area contributed by atoms with Crippen molar-refractivity contribution in [1.29, 1.82) is 0 Å². The summed E-state index contributed by atoms with van der Waals surface area (Å²) in [6.45, 7) is 3.04. The zero-order valence-electron chi connectivity index (χ0n) is 20.6. The lowest BCUT2D eigenvalue weighted by Crippen LogP contribution is -2.36. The molecule has 38 heavy (non-hydrogen) atoms. The topological polar surface area (TPSA) is 128 Å². The minimum atomic E-state index is -4.31. The van der Waals surface area contributed by atoms with Crippen molar-refractivity contribution in [1.82, 2.24) is 0 Å². The van der Waals surface area contributed by atoms with Gasteiger partial charge < -0.3 is 14.2 Å². The predicted octanol–water partition coefficient (Wildman–Crippen LogP) is 4.23. The zero-order chi connectivity index (χ0) is 27.3.